The Morgan fingerprint density at radius 1 is 1.06 bits per heavy atom. The van der Waals surface area contributed by atoms with Crippen LogP contribution in [0.25, 0.3) is 0 Å². The molecule has 0 spiro atoms. The maximum absolute atomic E-state index is 12.9. The van der Waals surface area contributed by atoms with E-state index in [1.54, 1.807) is 36.4 Å². The van der Waals surface area contributed by atoms with E-state index in [1.165, 1.54) is 0 Å². The Balaban J connectivity index is 1.25. The minimum absolute atomic E-state index is 0.116. The number of nitriles is 1. The smallest absolute Gasteiger partial charge is 0.287 e. The second kappa shape index (κ2) is 9.49. The van der Waals surface area contributed by atoms with Gasteiger partial charge in [0.15, 0.2) is 17.3 Å². The zero-order chi connectivity index (χ0) is 23.4. The lowest BCUT2D eigenvalue weighted by atomic mass is 9.74. The van der Waals surface area contributed by atoms with Crippen molar-refractivity contribution >= 4 is 5.91 Å². The molecule has 2 aliphatic heterocycles. The van der Waals surface area contributed by atoms with Gasteiger partial charge in [-0.25, -0.2) is 0 Å². The Labute approximate surface area is 197 Å². The van der Waals surface area contributed by atoms with Crippen LogP contribution in [-0.4, -0.2) is 32.5 Å². The number of nitrogens with zero attached hydrogens (tertiary/aromatic N) is 1. The van der Waals surface area contributed by atoms with Crippen LogP contribution in [0, 0.1) is 11.3 Å². The molecule has 8 heteroatoms. The van der Waals surface area contributed by atoms with Gasteiger partial charge >= 0.3 is 0 Å². The van der Waals surface area contributed by atoms with Crippen molar-refractivity contribution in [2.24, 2.45) is 0 Å². The standard InChI is InChI=1S/C26H24N2O6/c27-14-18-3-1-2-4-21(18)31-15-20-6-8-23(34-20)25(29)28-16-26(9-11-30-12-10-26)19-5-7-22-24(13-19)33-17-32-22/h1-8,13H,9-12,15-17H2,(H,28,29). The highest BCUT2D eigenvalue weighted by atomic mass is 16.7. The van der Waals surface area contributed by atoms with Crippen molar-refractivity contribution in [2.75, 3.05) is 26.6 Å². The van der Waals surface area contributed by atoms with Crippen molar-refractivity contribution in [1.29, 1.82) is 5.26 Å². The van der Waals surface area contributed by atoms with E-state index in [4.69, 9.17) is 23.4 Å². The first-order valence-corrected chi connectivity index (χ1v) is 11.1. The predicted molar refractivity (Wildman–Crippen MR) is 121 cm³/mol. The van der Waals surface area contributed by atoms with E-state index in [0.29, 0.717) is 36.8 Å². The molecule has 8 nitrogen and oxygen atoms in total. The number of benzene rings is 2. The molecule has 2 aromatic carbocycles. The van der Waals surface area contributed by atoms with Gasteiger partial charge in [-0.3, -0.25) is 4.79 Å². The van der Waals surface area contributed by atoms with Crippen molar-refractivity contribution in [3.05, 3.63) is 77.2 Å². The molecule has 3 heterocycles. The lowest BCUT2D eigenvalue weighted by molar-refractivity contribution is 0.0483. The van der Waals surface area contributed by atoms with Gasteiger partial charge in [0.1, 0.15) is 24.2 Å². The summed E-state index contributed by atoms with van der Waals surface area (Å²) >= 11 is 0. The van der Waals surface area contributed by atoms with Crippen LogP contribution in [0.4, 0.5) is 0 Å². The molecule has 1 amide bonds. The molecule has 0 atom stereocenters. The van der Waals surface area contributed by atoms with E-state index >= 15 is 0 Å². The summed E-state index contributed by atoms with van der Waals surface area (Å²) in [7, 11) is 0. The van der Waals surface area contributed by atoms with E-state index in [0.717, 1.165) is 29.9 Å². The first kappa shape index (κ1) is 21.9. The largest absolute Gasteiger partial charge is 0.484 e. The molecule has 1 fully saturated rings. The van der Waals surface area contributed by atoms with Crippen LogP contribution in [0.15, 0.2) is 59.0 Å². The number of fused-ring (bicyclic) bond motifs is 1. The molecule has 2 aliphatic rings. The Bertz CT molecular complexity index is 1220. The highest BCUT2D eigenvalue weighted by molar-refractivity contribution is 5.91. The van der Waals surface area contributed by atoms with Crippen LogP contribution in [-0.2, 0) is 16.8 Å². The summed E-state index contributed by atoms with van der Waals surface area (Å²) < 4.78 is 28.0. The number of hydrogen-bond acceptors (Lipinski definition) is 7. The van der Waals surface area contributed by atoms with Gasteiger partial charge in [0.25, 0.3) is 5.91 Å². The zero-order valence-corrected chi connectivity index (χ0v) is 18.5. The fourth-order valence-electron chi connectivity index (χ4n) is 4.30. The Morgan fingerprint density at radius 2 is 1.88 bits per heavy atom. The molecule has 0 radical (unpaired) electrons. The number of furan rings is 1. The monoisotopic (exact) mass is 460 g/mol. The third kappa shape index (κ3) is 4.43. The number of carbonyl (C=O) groups is 1. The SMILES string of the molecule is N#Cc1ccccc1OCc1ccc(C(=O)NCC2(c3ccc4c(c3)OCO4)CCOCC2)o1. The van der Waals surface area contributed by atoms with Crippen molar-refractivity contribution in [3.63, 3.8) is 0 Å². The maximum Gasteiger partial charge on any atom is 0.287 e. The predicted octanol–water partition coefficient (Wildman–Crippen LogP) is 3.94. The first-order valence-electron chi connectivity index (χ1n) is 11.1. The van der Waals surface area contributed by atoms with Gasteiger partial charge in [-0.05, 0) is 54.8 Å². The van der Waals surface area contributed by atoms with E-state index in [2.05, 4.69) is 11.4 Å². The fraction of sp³-hybridized carbons (Fsp3) is 0.308. The maximum atomic E-state index is 12.9. The lowest BCUT2D eigenvalue weighted by Crippen LogP contribution is -2.44. The van der Waals surface area contributed by atoms with E-state index in [1.807, 2.05) is 18.2 Å². The summed E-state index contributed by atoms with van der Waals surface area (Å²) in [6, 6.07) is 18.3. The zero-order valence-electron chi connectivity index (χ0n) is 18.5. The Morgan fingerprint density at radius 3 is 2.74 bits per heavy atom. The van der Waals surface area contributed by atoms with Crippen LogP contribution < -0.4 is 19.5 Å². The van der Waals surface area contributed by atoms with E-state index < -0.39 is 0 Å². The van der Waals surface area contributed by atoms with Crippen molar-refractivity contribution in [1.82, 2.24) is 5.32 Å². The topological polar surface area (TPSA) is 103 Å². The average molecular weight is 460 g/mol. The average Bonchev–Trinajstić information content (AvgIpc) is 3.56. The highest BCUT2D eigenvalue weighted by Crippen LogP contribution is 2.40. The molecule has 0 unspecified atom stereocenters. The number of carbonyl (C=O) groups excluding carboxylic acids is 1. The fourth-order valence-corrected chi connectivity index (χ4v) is 4.30. The molecule has 1 N–H and O–H groups in total. The molecule has 174 valence electrons. The summed E-state index contributed by atoms with van der Waals surface area (Å²) in [5.41, 5.74) is 1.26. The van der Waals surface area contributed by atoms with Gasteiger partial charge in [-0.15, -0.1) is 0 Å². The van der Waals surface area contributed by atoms with Gasteiger partial charge in [0, 0.05) is 25.2 Å². The van der Waals surface area contributed by atoms with E-state index in [-0.39, 0.29) is 30.5 Å². The summed E-state index contributed by atoms with van der Waals surface area (Å²) in [5.74, 6) is 2.34. The molecular weight excluding hydrogens is 436 g/mol. The lowest BCUT2D eigenvalue weighted by Gasteiger charge is -2.38. The quantitative estimate of drug-likeness (QED) is 0.570. The van der Waals surface area contributed by atoms with Gasteiger partial charge in [-0.1, -0.05) is 18.2 Å². The summed E-state index contributed by atoms with van der Waals surface area (Å²) in [6.07, 6.45) is 1.56. The summed E-state index contributed by atoms with van der Waals surface area (Å²) in [6.45, 7) is 2.02. The van der Waals surface area contributed by atoms with E-state index in [9.17, 15) is 10.1 Å². The van der Waals surface area contributed by atoms with Crippen molar-refractivity contribution in [2.45, 2.75) is 24.9 Å². The molecule has 5 rings (SSSR count). The molecular formula is C26H24N2O6. The molecule has 0 saturated carbocycles. The van der Waals surface area contributed by atoms with Crippen molar-refractivity contribution in [3.8, 4) is 23.3 Å². The third-order valence-electron chi connectivity index (χ3n) is 6.29. The molecule has 1 aromatic heterocycles. The van der Waals surface area contributed by atoms with Gasteiger partial charge < -0.3 is 28.7 Å². The molecule has 1 saturated heterocycles. The minimum atomic E-state index is -0.296. The number of hydrogen-bond donors (Lipinski definition) is 1. The number of amides is 1. The Hall–Kier alpha value is -3.96. The highest BCUT2D eigenvalue weighted by Gasteiger charge is 2.36. The van der Waals surface area contributed by atoms with Crippen molar-refractivity contribution < 1.29 is 28.2 Å². The number of para-hydroxylation sites is 1. The summed E-state index contributed by atoms with van der Waals surface area (Å²) in [5, 5.41) is 12.2. The number of ether oxygens (including phenoxy) is 4. The molecule has 3 aromatic rings. The summed E-state index contributed by atoms with van der Waals surface area (Å²) in [4.78, 5) is 12.9. The van der Waals surface area contributed by atoms with Crippen LogP contribution in [0.5, 0.6) is 17.2 Å². The number of rotatable bonds is 7. The first-order chi connectivity index (χ1) is 16.7. The normalized spacial score (nSPS) is 16.0. The minimum Gasteiger partial charge on any atom is -0.484 e. The second-order valence-electron chi connectivity index (χ2n) is 8.31. The number of nitrogens with one attached hydrogen (secondary N) is 1. The molecule has 34 heavy (non-hydrogen) atoms. The molecule has 0 aliphatic carbocycles. The van der Waals surface area contributed by atoms with Crippen LogP contribution in [0.3, 0.4) is 0 Å². The van der Waals surface area contributed by atoms with Crippen LogP contribution in [0.2, 0.25) is 0 Å². The van der Waals surface area contributed by atoms with Gasteiger partial charge in [-0.2, -0.15) is 5.26 Å². The molecule has 0 bridgehead atoms. The van der Waals surface area contributed by atoms with Crippen LogP contribution in [0.1, 0.15) is 40.3 Å². The second-order valence-corrected chi connectivity index (χ2v) is 8.31. The Kier molecular flexibility index (Phi) is 6.11. The van der Waals surface area contributed by atoms with Gasteiger partial charge in [0.2, 0.25) is 6.79 Å². The third-order valence-corrected chi connectivity index (χ3v) is 6.29. The van der Waals surface area contributed by atoms with Gasteiger partial charge in [0.05, 0.1) is 5.56 Å². The van der Waals surface area contributed by atoms with Crippen LogP contribution >= 0.6 is 0 Å².